The number of hydrogen-bond donors (Lipinski definition) is 2. The van der Waals surface area contributed by atoms with E-state index in [-0.39, 0.29) is 24.7 Å². The molecule has 2 heterocycles. The Morgan fingerprint density at radius 1 is 1.18 bits per heavy atom. The van der Waals surface area contributed by atoms with Crippen LogP contribution in [0.15, 0.2) is 0 Å². The van der Waals surface area contributed by atoms with E-state index in [2.05, 4.69) is 17.1 Å². The lowest BCUT2D eigenvalue weighted by Crippen LogP contribution is -2.53. The largest absolute Gasteiger partial charge is 0.394 e. The van der Waals surface area contributed by atoms with Crippen LogP contribution in [0.1, 0.15) is 51.9 Å². The van der Waals surface area contributed by atoms with E-state index in [4.69, 9.17) is 0 Å². The van der Waals surface area contributed by atoms with Gasteiger partial charge in [-0.2, -0.15) is 0 Å². The topological polar surface area (TPSA) is 55.8 Å². The molecule has 2 saturated heterocycles. The molecule has 2 aliphatic heterocycles. The highest BCUT2D eigenvalue weighted by molar-refractivity contribution is 5.75. The predicted molar refractivity (Wildman–Crippen MR) is 86.7 cm³/mol. The third kappa shape index (κ3) is 3.40. The van der Waals surface area contributed by atoms with Crippen molar-refractivity contribution < 1.29 is 9.90 Å². The fourth-order valence-electron chi connectivity index (χ4n) is 4.22. The number of aliphatic hydroxyl groups excluding tert-OH is 1. The number of amides is 2. The maximum atomic E-state index is 12.4. The number of carbonyl (C=O) groups is 1. The lowest BCUT2D eigenvalue weighted by atomic mass is 9.86. The van der Waals surface area contributed by atoms with Gasteiger partial charge >= 0.3 is 6.03 Å². The fraction of sp³-hybridized carbons (Fsp3) is 0.941. The Labute approximate surface area is 134 Å². The van der Waals surface area contributed by atoms with Gasteiger partial charge in [-0.3, -0.25) is 0 Å². The third-order valence-corrected chi connectivity index (χ3v) is 5.99. The maximum absolute atomic E-state index is 12.4. The minimum atomic E-state index is 0.0183. The van der Waals surface area contributed by atoms with Crippen LogP contribution in [-0.4, -0.2) is 65.3 Å². The number of nitrogens with zero attached hydrogens (tertiary/aromatic N) is 2. The van der Waals surface area contributed by atoms with Gasteiger partial charge in [0.25, 0.3) is 0 Å². The Morgan fingerprint density at radius 3 is 2.64 bits per heavy atom. The summed E-state index contributed by atoms with van der Waals surface area (Å²) in [5.41, 5.74) is 0. The van der Waals surface area contributed by atoms with Crippen molar-refractivity contribution in [3.05, 3.63) is 0 Å². The molecule has 3 atom stereocenters. The molecule has 0 radical (unpaired) electrons. The monoisotopic (exact) mass is 309 g/mol. The average Bonchev–Trinajstić information content (AvgIpc) is 2.94. The number of carbonyl (C=O) groups excluding carboxylic acids is 1. The second kappa shape index (κ2) is 7.18. The third-order valence-electron chi connectivity index (χ3n) is 5.99. The predicted octanol–water partition coefficient (Wildman–Crippen LogP) is 1.81. The van der Waals surface area contributed by atoms with Crippen molar-refractivity contribution in [3.8, 4) is 0 Å². The van der Waals surface area contributed by atoms with Gasteiger partial charge in [0.2, 0.25) is 0 Å². The second-order valence-corrected chi connectivity index (χ2v) is 7.39. The summed E-state index contributed by atoms with van der Waals surface area (Å²) in [6.45, 7) is 5.39. The van der Waals surface area contributed by atoms with E-state index >= 15 is 0 Å². The highest BCUT2D eigenvalue weighted by Gasteiger charge is 2.33. The van der Waals surface area contributed by atoms with Gasteiger partial charge in [-0.05, 0) is 57.9 Å². The van der Waals surface area contributed by atoms with Crippen molar-refractivity contribution in [1.29, 1.82) is 0 Å². The standard InChI is InChI=1S/C17H31N3O2/c1-13(18-17(22)20-10-4-8-16(20)12-21)14-5-3-9-19(11-14)15-6-2-7-15/h13-16,21H,2-12H2,1H3,(H,18,22)/t13?,14?,16-/m1/s1. The van der Waals surface area contributed by atoms with Crippen LogP contribution >= 0.6 is 0 Å². The van der Waals surface area contributed by atoms with Crippen LogP contribution in [0, 0.1) is 5.92 Å². The molecule has 2 amide bonds. The summed E-state index contributed by atoms with van der Waals surface area (Å²) in [6.07, 6.45) is 8.51. The summed E-state index contributed by atoms with van der Waals surface area (Å²) in [5, 5.41) is 12.6. The van der Waals surface area contributed by atoms with Gasteiger partial charge in [0.15, 0.2) is 0 Å². The van der Waals surface area contributed by atoms with Crippen LogP contribution < -0.4 is 5.32 Å². The Morgan fingerprint density at radius 2 is 1.95 bits per heavy atom. The van der Waals surface area contributed by atoms with Crippen molar-refractivity contribution in [1.82, 2.24) is 15.1 Å². The number of hydrogen-bond acceptors (Lipinski definition) is 3. The molecule has 0 aromatic heterocycles. The maximum Gasteiger partial charge on any atom is 0.317 e. The molecule has 0 aromatic carbocycles. The van der Waals surface area contributed by atoms with E-state index in [9.17, 15) is 9.90 Å². The molecule has 0 bridgehead atoms. The molecule has 0 aromatic rings. The molecular weight excluding hydrogens is 278 g/mol. The normalized spacial score (nSPS) is 31.8. The van der Waals surface area contributed by atoms with Gasteiger partial charge in [-0.25, -0.2) is 4.79 Å². The van der Waals surface area contributed by atoms with Crippen LogP contribution in [-0.2, 0) is 0 Å². The Hall–Kier alpha value is -0.810. The minimum absolute atomic E-state index is 0.0183. The van der Waals surface area contributed by atoms with Crippen molar-refractivity contribution in [3.63, 3.8) is 0 Å². The molecule has 1 aliphatic carbocycles. The van der Waals surface area contributed by atoms with E-state index in [0.29, 0.717) is 5.92 Å². The number of nitrogens with one attached hydrogen (secondary N) is 1. The van der Waals surface area contributed by atoms with Crippen LogP contribution in [0.2, 0.25) is 0 Å². The highest BCUT2D eigenvalue weighted by Crippen LogP contribution is 2.30. The van der Waals surface area contributed by atoms with Crippen molar-refractivity contribution in [2.24, 2.45) is 5.92 Å². The minimum Gasteiger partial charge on any atom is -0.394 e. The first-order valence-electron chi connectivity index (χ1n) is 9.11. The summed E-state index contributed by atoms with van der Waals surface area (Å²) in [5.74, 6) is 0.563. The van der Waals surface area contributed by atoms with Crippen molar-refractivity contribution in [2.75, 3.05) is 26.2 Å². The molecule has 5 heteroatoms. The molecule has 1 saturated carbocycles. The molecule has 2 N–H and O–H groups in total. The number of aliphatic hydroxyl groups is 1. The van der Waals surface area contributed by atoms with E-state index < -0.39 is 0 Å². The van der Waals surface area contributed by atoms with Gasteiger partial charge in [-0.1, -0.05) is 6.42 Å². The van der Waals surface area contributed by atoms with Crippen molar-refractivity contribution >= 4 is 6.03 Å². The second-order valence-electron chi connectivity index (χ2n) is 7.39. The molecule has 3 aliphatic rings. The van der Waals surface area contributed by atoms with Gasteiger partial charge in [0, 0.05) is 25.2 Å². The molecular formula is C17H31N3O2. The molecule has 126 valence electrons. The molecule has 3 rings (SSSR count). The zero-order chi connectivity index (χ0) is 15.5. The van der Waals surface area contributed by atoms with E-state index in [0.717, 1.165) is 32.0 Å². The van der Waals surface area contributed by atoms with Crippen LogP contribution in [0.3, 0.4) is 0 Å². The lowest BCUT2D eigenvalue weighted by molar-refractivity contribution is 0.0664. The van der Waals surface area contributed by atoms with Crippen LogP contribution in [0.4, 0.5) is 4.79 Å². The van der Waals surface area contributed by atoms with E-state index in [1.54, 1.807) is 0 Å². The quantitative estimate of drug-likeness (QED) is 0.833. The van der Waals surface area contributed by atoms with Crippen LogP contribution in [0.25, 0.3) is 0 Å². The van der Waals surface area contributed by atoms with Crippen molar-refractivity contribution in [2.45, 2.75) is 70.0 Å². The average molecular weight is 309 g/mol. The molecule has 0 spiro atoms. The summed E-state index contributed by atoms with van der Waals surface area (Å²) in [4.78, 5) is 16.9. The van der Waals surface area contributed by atoms with Gasteiger partial charge in [0.05, 0.1) is 12.6 Å². The van der Waals surface area contributed by atoms with Gasteiger partial charge in [-0.15, -0.1) is 0 Å². The smallest absolute Gasteiger partial charge is 0.317 e. The lowest BCUT2D eigenvalue weighted by Gasteiger charge is -2.44. The SMILES string of the molecule is CC(NC(=O)N1CCC[C@@H]1CO)C1CCCN(C2CCC2)C1. The Kier molecular flexibility index (Phi) is 5.24. The molecule has 22 heavy (non-hydrogen) atoms. The number of piperidine rings is 1. The number of urea groups is 1. The first-order valence-corrected chi connectivity index (χ1v) is 9.11. The van der Waals surface area contributed by atoms with Crippen LogP contribution in [0.5, 0.6) is 0 Å². The van der Waals surface area contributed by atoms with E-state index in [1.807, 2.05) is 4.90 Å². The fourth-order valence-corrected chi connectivity index (χ4v) is 4.22. The number of likely N-dealkylation sites (tertiary alicyclic amines) is 2. The first kappa shape index (κ1) is 16.1. The van der Waals surface area contributed by atoms with E-state index in [1.165, 1.54) is 38.6 Å². The molecule has 3 fully saturated rings. The zero-order valence-corrected chi connectivity index (χ0v) is 13.8. The van der Waals surface area contributed by atoms with Gasteiger partial charge < -0.3 is 20.2 Å². The Balaban J connectivity index is 1.50. The highest BCUT2D eigenvalue weighted by atomic mass is 16.3. The Bertz CT molecular complexity index is 386. The summed E-state index contributed by atoms with van der Waals surface area (Å²) in [6, 6.07) is 1.06. The molecule has 2 unspecified atom stereocenters. The summed E-state index contributed by atoms with van der Waals surface area (Å²) >= 11 is 0. The van der Waals surface area contributed by atoms with Gasteiger partial charge in [0.1, 0.15) is 0 Å². The number of rotatable bonds is 4. The summed E-state index contributed by atoms with van der Waals surface area (Å²) < 4.78 is 0. The zero-order valence-electron chi connectivity index (χ0n) is 13.8. The first-order chi connectivity index (χ1) is 10.7. The molecule has 5 nitrogen and oxygen atoms in total. The summed E-state index contributed by atoms with van der Waals surface area (Å²) in [7, 11) is 0.